The monoisotopic (exact) mass is 274 g/mol. The fraction of sp³-hybridized carbons (Fsp3) is 0.267. The molecule has 2 aromatic rings. The summed E-state index contributed by atoms with van der Waals surface area (Å²) in [6, 6.07) is 11.5. The van der Waals surface area contributed by atoms with Gasteiger partial charge >= 0.3 is 0 Å². The highest BCUT2D eigenvalue weighted by Crippen LogP contribution is 2.22. The number of nitrogens with one attached hydrogen (secondary N) is 1. The Bertz CT molecular complexity index is 572. The Morgan fingerprint density at radius 1 is 1.42 bits per heavy atom. The summed E-state index contributed by atoms with van der Waals surface area (Å²) in [6.45, 7) is 2.07. The van der Waals surface area contributed by atoms with Crippen LogP contribution in [0.25, 0.3) is 0 Å². The average Bonchev–Trinajstić information content (AvgIpc) is 2.90. The molecule has 19 heavy (non-hydrogen) atoms. The normalized spacial score (nSPS) is 11.8. The Morgan fingerprint density at radius 3 is 2.95 bits per heavy atom. The summed E-state index contributed by atoms with van der Waals surface area (Å²) >= 11 is 5.95. The molecule has 1 atom stereocenters. The predicted molar refractivity (Wildman–Crippen MR) is 76.3 cm³/mol. The van der Waals surface area contributed by atoms with Gasteiger partial charge in [-0.15, -0.1) is 0 Å². The van der Waals surface area contributed by atoms with Crippen LogP contribution in [0.5, 0.6) is 0 Å². The van der Waals surface area contributed by atoms with Crippen LogP contribution in [0.1, 0.15) is 24.7 Å². The number of nitriles is 1. The van der Waals surface area contributed by atoms with Crippen molar-refractivity contribution < 1.29 is 4.42 Å². The van der Waals surface area contributed by atoms with E-state index in [2.05, 4.69) is 18.3 Å². The van der Waals surface area contributed by atoms with E-state index in [1.54, 1.807) is 24.5 Å². The molecule has 0 spiro atoms. The second-order valence-corrected chi connectivity index (χ2v) is 4.90. The SMILES string of the molecule is CC(CCc1ccco1)Nc1cc(Cl)ccc1C#N. The summed E-state index contributed by atoms with van der Waals surface area (Å²) in [7, 11) is 0. The molecule has 0 amide bonds. The molecule has 98 valence electrons. The fourth-order valence-electron chi connectivity index (χ4n) is 1.88. The van der Waals surface area contributed by atoms with Crippen molar-refractivity contribution in [3.05, 3.63) is 52.9 Å². The topological polar surface area (TPSA) is 49.0 Å². The lowest BCUT2D eigenvalue weighted by Gasteiger charge is -2.16. The third-order valence-electron chi connectivity index (χ3n) is 2.91. The van der Waals surface area contributed by atoms with Crippen molar-refractivity contribution in [2.45, 2.75) is 25.8 Å². The first kappa shape index (κ1) is 13.5. The van der Waals surface area contributed by atoms with Crippen LogP contribution in [0.4, 0.5) is 5.69 Å². The third kappa shape index (κ3) is 3.77. The minimum absolute atomic E-state index is 0.232. The van der Waals surface area contributed by atoms with E-state index in [1.165, 1.54) is 0 Å². The highest BCUT2D eigenvalue weighted by atomic mass is 35.5. The first-order valence-electron chi connectivity index (χ1n) is 6.17. The van der Waals surface area contributed by atoms with Crippen molar-refractivity contribution in [2.24, 2.45) is 0 Å². The van der Waals surface area contributed by atoms with E-state index in [4.69, 9.17) is 21.3 Å². The van der Waals surface area contributed by atoms with Gasteiger partial charge in [-0.1, -0.05) is 11.6 Å². The summed E-state index contributed by atoms with van der Waals surface area (Å²) in [4.78, 5) is 0. The maximum atomic E-state index is 9.05. The van der Waals surface area contributed by atoms with Gasteiger partial charge in [0.05, 0.1) is 17.5 Å². The highest BCUT2D eigenvalue weighted by molar-refractivity contribution is 6.30. The lowest BCUT2D eigenvalue weighted by atomic mass is 10.1. The Hall–Kier alpha value is -1.92. The average molecular weight is 275 g/mol. The number of hydrogen-bond acceptors (Lipinski definition) is 3. The summed E-state index contributed by atoms with van der Waals surface area (Å²) in [6.07, 6.45) is 3.46. The van der Waals surface area contributed by atoms with Crippen molar-refractivity contribution in [1.29, 1.82) is 5.26 Å². The van der Waals surface area contributed by atoms with Crippen LogP contribution in [0.3, 0.4) is 0 Å². The van der Waals surface area contributed by atoms with Crippen LogP contribution >= 0.6 is 11.6 Å². The van der Waals surface area contributed by atoms with E-state index in [0.29, 0.717) is 10.6 Å². The van der Waals surface area contributed by atoms with Crippen molar-refractivity contribution in [1.82, 2.24) is 0 Å². The highest BCUT2D eigenvalue weighted by Gasteiger charge is 2.08. The lowest BCUT2D eigenvalue weighted by Crippen LogP contribution is -2.16. The number of nitrogens with zero attached hydrogens (tertiary/aromatic N) is 1. The Morgan fingerprint density at radius 2 is 2.26 bits per heavy atom. The molecular weight excluding hydrogens is 260 g/mol. The predicted octanol–water partition coefficient (Wildman–Crippen LogP) is 4.24. The van der Waals surface area contributed by atoms with Crippen molar-refractivity contribution in [3.8, 4) is 6.07 Å². The van der Waals surface area contributed by atoms with Gasteiger partial charge in [-0.3, -0.25) is 0 Å². The molecule has 3 nitrogen and oxygen atoms in total. The van der Waals surface area contributed by atoms with E-state index >= 15 is 0 Å². The number of rotatable bonds is 5. The van der Waals surface area contributed by atoms with E-state index in [-0.39, 0.29) is 6.04 Å². The molecule has 4 heteroatoms. The van der Waals surface area contributed by atoms with Gasteiger partial charge in [-0.05, 0) is 43.7 Å². The molecule has 0 aliphatic rings. The van der Waals surface area contributed by atoms with Gasteiger partial charge in [0.15, 0.2) is 0 Å². The summed E-state index contributed by atoms with van der Waals surface area (Å²) in [5, 5.41) is 13.0. The zero-order chi connectivity index (χ0) is 13.7. The van der Waals surface area contributed by atoms with Crippen LogP contribution in [-0.2, 0) is 6.42 Å². The molecule has 1 aromatic heterocycles. The van der Waals surface area contributed by atoms with Crippen LogP contribution in [0.15, 0.2) is 41.0 Å². The van der Waals surface area contributed by atoms with Gasteiger partial charge in [0, 0.05) is 17.5 Å². The molecule has 1 heterocycles. The van der Waals surface area contributed by atoms with Crippen molar-refractivity contribution in [3.63, 3.8) is 0 Å². The van der Waals surface area contributed by atoms with E-state index in [1.807, 2.05) is 12.1 Å². The van der Waals surface area contributed by atoms with Gasteiger partial charge < -0.3 is 9.73 Å². The maximum Gasteiger partial charge on any atom is 0.103 e. The zero-order valence-electron chi connectivity index (χ0n) is 10.7. The van der Waals surface area contributed by atoms with E-state index < -0.39 is 0 Å². The summed E-state index contributed by atoms with van der Waals surface area (Å²) in [5.41, 5.74) is 1.39. The number of aryl methyl sites for hydroxylation is 1. The fourth-order valence-corrected chi connectivity index (χ4v) is 2.06. The Balaban J connectivity index is 1.97. The largest absolute Gasteiger partial charge is 0.469 e. The van der Waals surface area contributed by atoms with E-state index in [9.17, 15) is 0 Å². The molecule has 0 fully saturated rings. The van der Waals surface area contributed by atoms with Gasteiger partial charge in [0.25, 0.3) is 0 Å². The maximum absolute atomic E-state index is 9.05. The number of halogens is 1. The second kappa shape index (κ2) is 6.31. The molecule has 2 rings (SSSR count). The van der Waals surface area contributed by atoms with E-state index in [0.717, 1.165) is 24.3 Å². The Labute approximate surface area is 117 Å². The first-order valence-corrected chi connectivity index (χ1v) is 6.55. The number of anilines is 1. The smallest absolute Gasteiger partial charge is 0.103 e. The number of benzene rings is 1. The van der Waals surface area contributed by atoms with Crippen molar-refractivity contribution >= 4 is 17.3 Å². The lowest BCUT2D eigenvalue weighted by molar-refractivity contribution is 0.495. The number of furan rings is 1. The number of hydrogen-bond donors (Lipinski definition) is 1. The third-order valence-corrected chi connectivity index (χ3v) is 3.14. The minimum Gasteiger partial charge on any atom is -0.469 e. The summed E-state index contributed by atoms with van der Waals surface area (Å²) < 4.78 is 5.30. The first-order chi connectivity index (χ1) is 9.19. The van der Waals surface area contributed by atoms with Gasteiger partial charge in [0.1, 0.15) is 11.8 Å². The summed E-state index contributed by atoms with van der Waals surface area (Å²) in [5.74, 6) is 0.972. The molecular formula is C15H15ClN2O. The van der Waals surface area contributed by atoms with Gasteiger partial charge in [0.2, 0.25) is 0 Å². The van der Waals surface area contributed by atoms with Gasteiger partial charge in [-0.25, -0.2) is 0 Å². The van der Waals surface area contributed by atoms with Crippen LogP contribution < -0.4 is 5.32 Å². The van der Waals surface area contributed by atoms with Gasteiger partial charge in [-0.2, -0.15) is 5.26 Å². The van der Waals surface area contributed by atoms with Crippen LogP contribution in [0.2, 0.25) is 5.02 Å². The molecule has 0 saturated carbocycles. The minimum atomic E-state index is 0.232. The molecule has 0 radical (unpaired) electrons. The molecule has 1 N–H and O–H groups in total. The molecule has 0 aliphatic heterocycles. The molecule has 0 saturated heterocycles. The standard InChI is InChI=1S/C15H15ClN2O/c1-11(4-7-14-3-2-8-19-14)18-15-9-13(16)6-5-12(15)10-17/h2-3,5-6,8-9,11,18H,4,7H2,1H3. The molecule has 0 aliphatic carbocycles. The molecule has 1 aromatic carbocycles. The van der Waals surface area contributed by atoms with Crippen molar-refractivity contribution in [2.75, 3.05) is 5.32 Å². The second-order valence-electron chi connectivity index (χ2n) is 4.47. The zero-order valence-corrected chi connectivity index (χ0v) is 11.4. The molecule has 0 bridgehead atoms. The Kier molecular flexibility index (Phi) is 4.48. The molecule has 1 unspecified atom stereocenters. The van der Waals surface area contributed by atoms with Crippen LogP contribution in [0, 0.1) is 11.3 Å². The van der Waals surface area contributed by atoms with Crippen LogP contribution in [-0.4, -0.2) is 6.04 Å². The quantitative estimate of drug-likeness (QED) is 0.887.